The van der Waals surface area contributed by atoms with Gasteiger partial charge in [-0.2, -0.15) is 0 Å². The molecule has 0 bridgehead atoms. The molecule has 0 radical (unpaired) electrons. The standard InChI is InChI=1S/C12H15NO2/c1-15-12-10(7-4-8-13-12)11(14)9-5-2-3-6-9/h4-5,7-8,11,14H,2-3,6H2,1H3. The summed E-state index contributed by atoms with van der Waals surface area (Å²) in [6, 6.07) is 3.67. The maximum absolute atomic E-state index is 10.1. The molecule has 1 heterocycles. The number of allylic oxidation sites excluding steroid dienone is 1. The molecule has 0 aliphatic heterocycles. The summed E-state index contributed by atoms with van der Waals surface area (Å²) in [5.74, 6) is 0.512. The summed E-state index contributed by atoms with van der Waals surface area (Å²) < 4.78 is 5.13. The highest BCUT2D eigenvalue weighted by atomic mass is 16.5. The quantitative estimate of drug-likeness (QED) is 0.769. The fraction of sp³-hybridized carbons (Fsp3) is 0.417. The smallest absolute Gasteiger partial charge is 0.219 e. The summed E-state index contributed by atoms with van der Waals surface area (Å²) in [6.07, 6.45) is 6.38. The van der Waals surface area contributed by atoms with Crippen molar-refractivity contribution in [2.24, 2.45) is 0 Å². The summed E-state index contributed by atoms with van der Waals surface area (Å²) in [5, 5.41) is 10.1. The van der Waals surface area contributed by atoms with Crippen LogP contribution in [0.2, 0.25) is 0 Å². The second-order valence-electron chi connectivity index (χ2n) is 3.68. The highest BCUT2D eigenvalue weighted by molar-refractivity contribution is 5.34. The maximum atomic E-state index is 10.1. The fourth-order valence-electron chi connectivity index (χ4n) is 1.93. The lowest BCUT2D eigenvalue weighted by Gasteiger charge is -2.14. The molecule has 0 saturated heterocycles. The first-order valence-electron chi connectivity index (χ1n) is 5.19. The highest BCUT2D eigenvalue weighted by Gasteiger charge is 2.19. The third kappa shape index (κ3) is 2.02. The molecule has 0 aromatic carbocycles. The van der Waals surface area contributed by atoms with Crippen molar-refractivity contribution in [2.45, 2.75) is 25.4 Å². The highest BCUT2D eigenvalue weighted by Crippen LogP contribution is 2.33. The minimum Gasteiger partial charge on any atom is -0.481 e. The Labute approximate surface area is 89.4 Å². The van der Waals surface area contributed by atoms with Crippen molar-refractivity contribution in [3.63, 3.8) is 0 Å². The van der Waals surface area contributed by atoms with E-state index in [0.717, 1.165) is 30.4 Å². The van der Waals surface area contributed by atoms with Crippen LogP contribution in [0, 0.1) is 0 Å². The number of aromatic nitrogens is 1. The van der Waals surface area contributed by atoms with Crippen LogP contribution in [-0.4, -0.2) is 17.2 Å². The first kappa shape index (κ1) is 10.2. The number of aliphatic hydroxyl groups excluding tert-OH is 1. The maximum Gasteiger partial charge on any atom is 0.219 e. The molecule has 3 heteroatoms. The number of hydrogen-bond donors (Lipinski definition) is 1. The lowest BCUT2D eigenvalue weighted by atomic mass is 10.0. The monoisotopic (exact) mass is 205 g/mol. The van der Waals surface area contributed by atoms with E-state index in [9.17, 15) is 5.11 Å². The van der Waals surface area contributed by atoms with Gasteiger partial charge >= 0.3 is 0 Å². The Morgan fingerprint density at radius 3 is 3.07 bits per heavy atom. The molecule has 0 amide bonds. The van der Waals surface area contributed by atoms with Crippen LogP contribution >= 0.6 is 0 Å². The Kier molecular flexibility index (Phi) is 3.02. The van der Waals surface area contributed by atoms with Crippen LogP contribution in [0.25, 0.3) is 0 Å². The average molecular weight is 205 g/mol. The summed E-state index contributed by atoms with van der Waals surface area (Å²) in [5.41, 5.74) is 1.84. The molecular weight excluding hydrogens is 190 g/mol. The van der Waals surface area contributed by atoms with Gasteiger partial charge in [-0.05, 0) is 37.0 Å². The molecule has 1 N–H and O–H groups in total. The molecular formula is C12H15NO2. The summed E-state index contributed by atoms with van der Waals surface area (Å²) >= 11 is 0. The van der Waals surface area contributed by atoms with E-state index in [1.807, 2.05) is 12.1 Å². The Balaban J connectivity index is 2.27. The Morgan fingerprint density at radius 2 is 2.40 bits per heavy atom. The molecule has 0 saturated carbocycles. The molecule has 1 aliphatic rings. The number of aliphatic hydroxyl groups is 1. The molecule has 1 aliphatic carbocycles. The number of nitrogens with zero attached hydrogens (tertiary/aromatic N) is 1. The van der Waals surface area contributed by atoms with Gasteiger partial charge in [0.1, 0.15) is 6.10 Å². The van der Waals surface area contributed by atoms with Crippen LogP contribution < -0.4 is 4.74 Å². The lowest BCUT2D eigenvalue weighted by molar-refractivity contribution is 0.206. The molecule has 0 fully saturated rings. The summed E-state index contributed by atoms with van der Waals surface area (Å²) in [6.45, 7) is 0. The third-order valence-electron chi connectivity index (χ3n) is 2.72. The summed E-state index contributed by atoms with van der Waals surface area (Å²) in [4.78, 5) is 4.08. The van der Waals surface area contributed by atoms with E-state index >= 15 is 0 Å². The van der Waals surface area contributed by atoms with Gasteiger partial charge in [-0.1, -0.05) is 6.08 Å². The number of rotatable bonds is 3. The van der Waals surface area contributed by atoms with Crippen LogP contribution in [0.1, 0.15) is 30.9 Å². The van der Waals surface area contributed by atoms with E-state index in [1.54, 1.807) is 13.3 Å². The molecule has 1 aromatic heterocycles. The van der Waals surface area contributed by atoms with Gasteiger partial charge < -0.3 is 9.84 Å². The van der Waals surface area contributed by atoms with Crippen LogP contribution in [0.15, 0.2) is 30.0 Å². The van der Waals surface area contributed by atoms with E-state index in [0.29, 0.717) is 5.88 Å². The minimum absolute atomic E-state index is 0.512. The molecule has 0 spiro atoms. The molecule has 2 rings (SSSR count). The molecule has 15 heavy (non-hydrogen) atoms. The van der Waals surface area contributed by atoms with Gasteiger partial charge in [-0.15, -0.1) is 0 Å². The zero-order valence-electron chi connectivity index (χ0n) is 8.81. The van der Waals surface area contributed by atoms with E-state index in [4.69, 9.17) is 4.74 Å². The zero-order chi connectivity index (χ0) is 10.7. The van der Waals surface area contributed by atoms with Crippen molar-refractivity contribution in [3.05, 3.63) is 35.5 Å². The Bertz CT molecular complexity index is 374. The Morgan fingerprint density at radius 1 is 1.53 bits per heavy atom. The topological polar surface area (TPSA) is 42.4 Å². The summed E-state index contributed by atoms with van der Waals surface area (Å²) in [7, 11) is 1.57. The second kappa shape index (κ2) is 4.45. The zero-order valence-corrected chi connectivity index (χ0v) is 8.81. The van der Waals surface area contributed by atoms with Gasteiger partial charge in [0.25, 0.3) is 0 Å². The molecule has 80 valence electrons. The van der Waals surface area contributed by atoms with Crippen LogP contribution in [0.3, 0.4) is 0 Å². The average Bonchev–Trinajstić information content (AvgIpc) is 2.81. The van der Waals surface area contributed by atoms with E-state index in [2.05, 4.69) is 11.1 Å². The predicted octanol–water partition coefficient (Wildman–Crippen LogP) is 2.23. The lowest BCUT2D eigenvalue weighted by Crippen LogP contribution is -2.03. The minimum atomic E-state index is -0.559. The van der Waals surface area contributed by atoms with Crippen molar-refractivity contribution in [2.75, 3.05) is 7.11 Å². The first-order valence-corrected chi connectivity index (χ1v) is 5.19. The van der Waals surface area contributed by atoms with Crippen molar-refractivity contribution >= 4 is 0 Å². The SMILES string of the molecule is COc1ncccc1C(O)C1=CCCC1. The fourth-order valence-corrected chi connectivity index (χ4v) is 1.93. The third-order valence-corrected chi connectivity index (χ3v) is 2.72. The van der Waals surface area contributed by atoms with Crippen molar-refractivity contribution in [3.8, 4) is 5.88 Å². The molecule has 1 aromatic rings. The normalized spacial score (nSPS) is 17.3. The van der Waals surface area contributed by atoms with Crippen LogP contribution in [0.5, 0.6) is 5.88 Å². The number of hydrogen-bond acceptors (Lipinski definition) is 3. The molecule has 3 nitrogen and oxygen atoms in total. The van der Waals surface area contributed by atoms with Crippen molar-refractivity contribution in [1.29, 1.82) is 0 Å². The predicted molar refractivity (Wildman–Crippen MR) is 57.7 cm³/mol. The molecule has 1 atom stereocenters. The number of pyridine rings is 1. The van der Waals surface area contributed by atoms with E-state index in [-0.39, 0.29) is 0 Å². The van der Waals surface area contributed by atoms with Gasteiger partial charge in [0.2, 0.25) is 5.88 Å². The van der Waals surface area contributed by atoms with E-state index in [1.165, 1.54) is 0 Å². The van der Waals surface area contributed by atoms with Crippen LogP contribution in [-0.2, 0) is 0 Å². The van der Waals surface area contributed by atoms with Gasteiger partial charge in [0, 0.05) is 11.8 Å². The number of methoxy groups -OCH3 is 1. The van der Waals surface area contributed by atoms with Crippen LogP contribution in [0.4, 0.5) is 0 Å². The van der Waals surface area contributed by atoms with Gasteiger partial charge in [-0.25, -0.2) is 4.98 Å². The van der Waals surface area contributed by atoms with Crippen molar-refractivity contribution < 1.29 is 9.84 Å². The largest absolute Gasteiger partial charge is 0.481 e. The van der Waals surface area contributed by atoms with Gasteiger partial charge in [0.05, 0.1) is 7.11 Å². The molecule has 1 unspecified atom stereocenters. The Hall–Kier alpha value is -1.35. The number of ether oxygens (including phenoxy) is 1. The first-order chi connectivity index (χ1) is 7.33. The second-order valence-corrected chi connectivity index (χ2v) is 3.68. The van der Waals surface area contributed by atoms with Gasteiger partial charge in [-0.3, -0.25) is 0 Å². The van der Waals surface area contributed by atoms with E-state index < -0.39 is 6.10 Å². The van der Waals surface area contributed by atoms with Gasteiger partial charge in [0.15, 0.2) is 0 Å². The van der Waals surface area contributed by atoms with Crippen molar-refractivity contribution in [1.82, 2.24) is 4.98 Å².